The van der Waals surface area contributed by atoms with E-state index in [0.717, 1.165) is 31.9 Å². The lowest BCUT2D eigenvalue weighted by Crippen LogP contribution is -2.40. The molecule has 1 aromatic rings. The maximum absolute atomic E-state index is 5.40. The van der Waals surface area contributed by atoms with Gasteiger partial charge in [-0.1, -0.05) is 6.92 Å². The summed E-state index contributed by atoms with van der Waals surface area (Å²) in [7, 11) is 1.71. The number of methoxy groups -OCH3 is 1. The Morgan fingerprint density at radius 1 is 1.32 bits per heavy atom. The summed E-state index contributed by atoms with van der Waals surface area (Å²) in [5.41, 5.74) is 0.979. The van der Waals surface area contributed by atoms with Crippen LogP contribution in [0.2, 0.25) is 0 Å². The van der Waals surface area contributed by atoms with Gasteiger partial charge in [-0.25, -0.2) is 4.98 Å². The fourth-order valence-corrected chi connectivity index (χ4v) is 2.91. The second kappa shape index (κ2) is 9.10. The van der Waals surface area contributed by atoms with Crippen LogP contribution in [-0.4, -0.2) is 43.3 Å². The van der Waals surface area contributed by atoms with Gasteiger partial charge in [0.1, 0.15) is 0 Å². The molecule has 0 radical (unpaired) electrons. The standard InChI is InChI=1S/C16H30N4OS/c1-7-13-12(3)22-14(20-13)9-10-18-15(17-8-2)19-11-16(4,5)21-6/h7-11H2,1-6H3,(H2,17,18,19). The van der Waals surface area contributed by atoms with Crippen molar-refractivity contribution in [1.29, 1.82) is 0 Å². The minimum absolute atomic E-state index is 0.245. The number of guanidine groups is 1. The summed E-state index contributed by atoms with van der Waals surface area (Å²) in [6.07, 6.45) is 1.93. The summed E-state index contributed by atoms with van der Waals surface area (Å²) in [6, 6.07) is 0. The molecular formula is C16H30N4OS. The van der Waals surface area contributed by atoms with Crippen LogP contribution in [-0.2, 0) is 17.6 Å². The average molecular weight is 327 g/mol. The molecule has 0 aliphatic heterocycles. The van der Waals surface area contributed by atoms with Gasteiger partial charge in [0.15, 0.2) is 5.96 Å². The minimum Gasteiger partial charge on any atom is -0.377 e. The molecule has 0 spiro atoms. The Kier molecular flexibility index (Phi) is 7.82. The smallest absolute Gasteiger partial charge is 0.191 e. The monoisotopic (exact) mass is 326 g/mol. The van der Waals surface area contributed by atoms with Crippen molar-refractivity contribution >= 4 is 17.3 Å². The number of aliphatic imine (C=N–C) groups is 1. The third-order valence-electron chi connectivity index (χ3n) is 3.42. The van der Waals surface area contributed by atoms with Crippen LogP contribution < -0.4 is 10.6 Å². The van der Waals surface area contributed by atoms with Crippen LogP contribution in [0, 0.1) is 6.92 Å². The van der Waals surface area contributed by atoms with Crippen molar-refractivity contribution in [2.45, 2.75) is 53.1 Å². The van der Waals surface area contributed by atoms with E-state index in [9.17, 15) is 0 Å². The molecule has 0 fully saturated rings. The lowest BCUT2D eigenvalue weighted by atomic mass is 10.1. The largest absolute Gasteiger partial charge is 0.377 e. The predicted octanol–water partition coefficient (Wildman–Crippen LogP) is 2.54. The van der Waals surface area contributed by atoms with Gasteiger partial charge in [-0.2, -0.15) is 0 Å². The quantitative estimate of drug-likeness (QED) is 0.569. The Balaban J connectivity index is 2.51. The van der Waals surface area contributed by atoms with E-state index in [2.05, 4.69) is 41.4 Å². The molecule has 1 heterocycles. The zero-order valence-corrected chi connectivity index (χ0v) is 15.6. The van der Waals surface area contributed by atoms with Crippen LogP contribution in [0.25, 0.3) is 0 Å². The van der Waals surface area contributed by atoms with Crippen LogP contribution >= 0.6 is 11.3 Å². The number of aryl methyl sites for hydroxylation is 2. The maximum Gasteiger partial charge on any atom is 0.191 e. The van der Waals surface area contributed by atoms with E-state index in [-0.39, 0.29) is 5.60 Å². The van der Waals surface area contributed by atoms with Crippen molar-refractivity contribution in [1.82, 2.24) is 15.6 Å². The minimum atomic E-state index is -0.245. The molecule has 5 nitrogen and oxygen atoms in total. The Morgan fingerprint density at radius 2 is 2.05 bits per heavy atom. The van der Waals surface area contributed by atoms with E-state index in [0.29, 0.717) is 6.54 Å². The first kappa shape index (κ1) is 18.9. The summed E-state index contributed by atoms with van der Waals surface area (Å²) < 4.78 is 5.40. The summed E-state index contributed by atoms with van der Waals surface area (Å²) in [6.45, 7) is 12.7. The predicted molar refractivity (Wildman–Crippen MR) is 95.0 cm³/mol. The van der Waals surface area contributed by atoms with Crippen molar-refractivity contribution < 1.29 is 4.74 Å². The van der Waals surface area contributed by atoms with Crippen LogP contribution in [0.5, 0.6) is 0 Å². The average Bonchev–Trinajstić information content (AvgIpc) is 2.85. The van der Waals surface area contributed by atoms with Gasteiger partial charge in [-0.05, 0) is 34.1 Å². The molecule has 0 saturated carbocycles. The van der Waals surface area contributed by atoms with Gasteiger partial charge in [0, 0.05) is 31.5 Å². The molecule has 1 aromatic heterocycles. The molecule has 6 heteroatoms. The number of aromatic nitrogens is 1. The van der Waals surface area contributed by atoms with Crippen LogP contribution in [0.4, 0.5) is 0 Å². The number of hydrogen-bond donors (Lipinski definition) is 2. The normalized spacial score (nSPS) is 12.5. The number of rotatable bonds is 8. The zero-order chi connectivity index (χ0) is 16.6. The van der Waals surface area contributed by atoms with Crippen LogP contribution in [0.15, 0.2) is 4.99 Å². The van der Waals surface area contributed by atoms with Gasteiger partial charge in [-0.3, -0.25) is 4.99 Å². The molecule has 1 rings (SSSR count). The topological polar surface area (TPSA) is 58.5 Å². The highest BCUT2D eigenvalue weighted by Crippen LogP contribution is 2.17. The van der Waals surface area contributed by atoms with Gasteiger partial charge in [0.25, 0.3) is 0 Å². The maximum atomic E-state index is 5.40. The molecule has 0 saturated heterocycles. The lowest BCUT2D eigenvalue weighted by molar-refractivity contribution is 0.0310. The number of thiazole rings is 1. The fraction of sp³-hybridized carbons (Fsp3) is 0.750. The van der Waals surface area contributed by atoms with Crippen molar-refractivity contribution in [3.8, 4) is 0 Å². The van der Waals surface area contributed by atoms with Gasteiger partial charge in [0.05, 0.1) is 22.8 Å². The van der Waals surface area contributed by atoms with E-state index in [1.807, 2.05) is 13.8 Å². The second-order valence-corrected chi connectivity index (χ2v) is 7.09. The third kappa shape index (κ3) is 6.32. The van der Waals surface area contributed by atoms with Crippen molar-refractivity contribution in [2.75, 3.05) is 26.7 Å². The van der Waals surface area contributed by atoms with E-state index in [1.165, 1.54) is 15.6 Å². The molecule has 0 aliphatic carbocycles. The first-order chi connectivity index (χ1) is 10.4. The molecule has 0 bridgehead atoms. The summed E-state index contributed by atoms with van der Waals surface area (Å²) in [4.78, 5) is 10.6. The molecule has 0 atom stereocenters. The van der Waals surface area contributed by atoms with Gasteiger partial charge < -0.3 is 15.4 Å². The Bertz CT molecular complexity index is 482. The van der Waals surface area contributed by atoms with Gasteiger partial charge in [0.2, 0.25) is 0 Å². The van der Waals surface area contributed by atoms with Gasteiger partial charge in [-0.15, -0.1) is 11.3 Å². The molecule has 0 aliphatic rings. The highest BCUT2D eigenvalue weighted by molar-refractivity contribution is 7.11. The lowest BCUT2D eigenvalue weighted by Gasteiger charge is -2.21. The van der Waals surface area contributed by atoms with Crippen molar-refractivity contribution in [3.63, 3.8) is 0 Å². The molecular weight excluding hydrogens is 296 g/mol. The van der Waals surface area contributed by atoms with Crippen molar-refractivity contribution in [3.05, 3.63) is 15.6 Å². The van der Waals surface area contributed by atoms with Crippen LogP contribution in [0.1, 0.15) is 43.3 Å². The number of nitrogens with one attached hydrogen (secondary N) is 2. The highest BCUT2D eigenvalue weighted by atomic mass is 32.1. The van der Waals surface area contributed by atoms with Crippen molar-refractivity contribution in [2.24, 2.45) is 4.99 Å². The molecule has 126 valence electrons. The Morgan fingerprint density at radius 3 is 2.59 bits per heavy atom. The second-order valence-electron chi connectivity index (χ2n) is 5.80. The summed E-state index contributed by atoms with van der Waals surface area (Å²) >= 11 is 1.79. The third-order valence-corrected chi connectivity index (χ3v) is 4.49. The van der Waals surface area contributed by atoms with E-state index < -0.39 is 0 Å². The van der Waals surface area contributed by atoms with Crippen LogP contribution in [0.3, 0.4) is 0 Å². The molecule has 22 heavy (non-hydrogen) atoms. The molecule has 0 amide bonds. The summed E-state index contributed by atoms with van der Waals surface area (Å²) in [5.74, 6) is 0.830. The van der Waals surface area contributed by atoms with E-state index >= 15 is 0 Å². The first-order valence-electron chi connectivity index (χ1n) is 7.94. The van der Waals surface area contributed by atoms with E-state index in [1.54, 1.807) is 18.4 Å². The number of hydrogen-bond acceptors (Lipinski definition) is 4. The fourth-order valence-electron chi connectivity index (χ4n) is 1.89. The number of ether oxygens (including phenoxy) is 1. The Labute approximate surface area is 138 Å². The number of nitrogens with zero attached hydrogens (tertiary/aromatic N) is 2. The molecule has 0 unspecified atom stereocenters. The highest BCUT2D eigenvalue weighted by Gasteiger charge is 2.15. The van der Waals surface area contributed by atoms with Gasteiger partial charge >= 0.3 is 0 Å². The Hall–Kier alpha value is -1.14. The first-order valence-corrected chi connectivity index (χ1v) is 8.76. The SMILES string of the molecule is CCNC(=NCC(C)(C)OC)NCCc1nc(CC)c(C)s1. The molecule has 0 aromatic carbocycles. The van der Waals surface area contributed by atoms with E-state index in [4.69, 9.17) is 4.74 Å². The molecule has 2 N–H and O–H groups in total. The zero-order valence-electron chi connectivity index (χ0n) is 14.7. The summed E-state index contributed by atoms with van der Waals surface area (Å²) in [5, 5.41) is 7.81.